The molecule has 42 atom stereocenters. The molecule has 20 unspecified atom stereocenters. The Labute approximate surface area is 835 Å². The molecule has 24 aliphatic rings. The van der Waals surface area contributed by atoms with Gasteiger partial charge in [-0.3, -0.25) is 19.4 Å². The topological polar surface area (TPSA) is 169 Å². The minimum absolute atomic E-state index is 0.0229. The molecule has 4 aliphatic heterocycles. The van der Waals surface area contributed by atoms with Crippen molar-refractivity contribution in [3.05, 3.63) is 72.3 Å². The van der Waals surface area contributed by atoms with Crippen LogP contribution in [-0.2, 0) is 28.5 Å². The monoisotopic (exact) mass is 1900 g/mol. The molecule has 15 heteroatoms. The molecule has 4 heterocycles. The molecule has 26 rings (SSSR count). The first kappa shape index (κ1) is 99.3. The lowest BCUT2D eigenvalue weighted by atomic mass is 9.44. The van der Waals surface area contributed by atoms with Crippen molar-refractivity contribution >= 4 is 22.6 Å². The number of amides is 2. The van der Waals surface area contributed by atoms with Crippen molar-refractivity contribution in [2.24, 2.45) is 173 Å². The average molecular weight is 1900 g/mol. The van der Waals surface area contributed by atoms with Gasteiger partial charge in [0.2, 0.25) is 5.91 Å². The Bertz CT molecular complexity index is 4680. The SMILES string of the molecule is CO[C@H]1CCC2C3CCC4CC=CC[C@]4(C)C3CC[C@@]21C.CO[C@H]1CCC2C3CCC4C[C@@H]5O[C@@H]5C[C@]4(C)C3CC[C@@]21C.CO[C@H]1CCC2C3CCC4C[C@H](O)[C@@H](N5CCN(C(=O)[C@@H]6CCCN6C(=O)c6ccc7ccccc7c6)CC5)C[C@]4(C)C3CC[C@@]21C.CO[C@H]1CCC2C3CCC4C[C@H](O)[C@@H](N5CCNCC5)C[C@]4(C)C3CC[C@@]21C.C[C@]12CC=CCC1CCC1C2CC[C@@]2(C)C1CC[C@@H]2O. The Morgan fingerprint density at radius 3 is 1.20 bits per heavy atom. The summed E-state index contributed by atoms with van der Waals surface area (Å²) in [5.41, 5.74) is 5.00. The number of ether oxygens (including phenoxy) is 5. The van der Waals surface area contributed by atoms with Crippen LogP contribution in [0.4, 0.5) is 0 Å². The van der Waals surface area contributed by atoms with E-state index in [2.05, 4.69) is 115 Å². The zero-order valence-corrected chi connectivity index (χ0v) is 88.9. The van der Waals surface area contributed by atoms with Gasteiger partial charge in [0.1, 0.15) is 6.04 Å². The molecule has 4 N–H and O–H groups in total. The van der Waals surface area contributed by atoms with E-state index in [9.17, 15) is 24.9 Å². The van der Waals surface area contributed by atoms with E-state index in [1.165, 1.54) is 231 Å². The number of aliphatic hydroxyl groups is 3. The third-order valence-electron chi connectivity index (χ3n) is 51.0. The van der Waals surface area contributed by atoms with Crippen molar-refractivity contribution in [3.63, 3.8) is 0 Å². The second kappa shape index (κ2) is 38.4. The molecule has 22 fully saturated rings. The maximum atomic E-state index is 13.9. The van der Waals surface area contributed by atoms with Gasteiger partial charge in [0, 0.05) is 105 Å². The van der Waals surface area contributed by atoms with E-state index in [1.807, 2.05) is 74.6 Å². The zero-order chi connectivity index (χ0) is 95.8. The summed E-state index contributed by atoms with van der Waals surface area (Å²) in [4.78, 5) is 36.5. The van der Waals surface area contributed by atoms with E-state index < -0.39 is 0 Å². The number of aliphatic hydroxyl groups excluding tert-OH is 3. The van der Waals surface area contributed by atoms with E-state index in [-0.39, 0.29) is 53.0 Å². The van der Waals surface area contributed by atoms with Crippen LogP contribution in [0.25, 0.3) is 10.8 Å². The van der Waals surface area contributed by atoms with E-state index in [1.54, 1.807) is 0 Å². The molecular weight excluding hydrogens is 1710 g/mol. The van der Waals surface area contributed by atoms with Gasteiger partial charge in [-0.1, -0.05) is 124 Å². The number of methoxy groups -OCH3 is 4. The van der Waals surface area contributed by atoms with Crippen LogP contribution < -0.4 is 5.32 Å². The van der Waals surface area contributed by atoms with Gasteiger partial charge in [-0.25, -0.2) is 0 Å². The normalized spacial score (nSPS) is 51.7. The van der Waals surface area contributed by atoms with Gasteiger partial charge >= 0.3 is 0 Å². The largest absolute Gasteiger partial charge is 0.393 e. The fourth-order valence-electron chi connectivity index (χ4n) is 43.1. The second-order valence-electron chi connectivity index (χ2n) is 55.3. The standard InChI is InChI=1S/C40H55N3O4.C24H42N2O2.C20H32O2.C20H32O.C19H30O/c1-39-17-16-32-30(31(39)14-15-36(39)47-3)13-12-29-24-35(44)34(25-40(29,32)2)41-19-21-42(22-20-41)38(46)33-9-6-18-43(33)37(45)28-11-10-26-7-4-5-8-27(26)23-28;1-23-9-8-19-17(18(23)6-7-22(23)28-3)5-4-16-14-21(27)20(15-24(16,19)2)26-12-10-25-11-13-26;1-19-9-8-15-13(14(19)6-7-18(19)21-3)5-4-12-10-16-17(22-16)11-20(12,15)2;1-19-12-5-4-6-14(19)7-8-15-16-9-10-18(21-3)20(16,2)13-11-17(15)19;1-18-11-4-3-5-13(18)6-7-14-15-8-9-17(20)19(15,2)12-10-16(14)18/h4-5,7-8,10-11,23,29-36,44H,6,9,12-22,24-25H2,1-3H3;16-22,25,27H,4-15H2,1-3H3;12-18H,4-11H2,1-3H3;4-5,14-18H,6-13H2,1-3H3;3-4,13-17,20H,5-12H2,1-2H3/t29?,30?,31?,32?,33-,34-,35-,36-,39-,40-;16?,17?,18?,19?,20-,21-,22-,23-,24-;12?,13?,14?,15?,16-,17+,18-,19-,20-;14?,15?,16?,17?,18-,19-,20-;13?,14?,15?,16?,17-,18-,19-/m00000/s1. The first-order valence-corrected chi connectivity index (χ1v) is 58.8. The molecule has 2 aromatic rings. The third kappa shape index (κ3) is 16.5. The number of hydrogen-bond donors (Lipinski definition) is 4. The molecular formula is C123H191N5O10. The minimum Gasteiger partial charge on any atom is -0.393 e. The smallest absolute Gasteiger partial charge is 0.254 e. The van der Waals surface area contributed by atoms with Gasteiger partial charge in [-0.2, -0.15) is 0 Å². The Balaban J connectivity index is 0.000000104. The molecule has 2 aromatic carbocycles. The van der Waals surface area contributed by atoms with Gasteiger partial charge < -0.3 is 54.1 Å². The summed E-state index contributed by atoms with van der Waals surface area (Å²) in [7, 11) is 7.73. The number of epoxide rings is 1. The maximum Gasteiger partial charge on any atom is 0.254 e. The Morgan fingerprint density at radius 2 is 0.746 bits per heavy atom. The van der Waals surface area contributed by atoms with Gasteiger partial charge in [0.25, 0.3) is 5.91 Å². The third-order valence-corrected chi connectivity index (χ3v) is 51.0. The van der Waals surface area contributed by atoms with Crippen molar-refractivity contribution < 1.29 is 48.6 Å². The van der Waals surface area contributed by atoms with Crippen LogP contribution >= 0.6 is 0 Å². The van der Waals surface area contributed by atoms with Crippen molar-refractivity contribution in [2.45, 2.75) is 412 Å². The van der Waals surface area contributed by atoms with Crippen LogP contribution in [0, 0.1) is 173 Å². The predicted molar refractivity (Wildman–Crippen MR) is 552 cm³/mol. The van der Waals surface area contributed by atoms with E-state index in [0.29, 0.717) is 117 Å². The molecule has 18 saturated carbocycles. The fraction of sp³-hybridized carbons (Fsp3) is 0.870. The second-order valence-corrected chi connectivity index (χ2v) is 55.3. The number of likely N-dealkylation sites (tertiary alicyclic amines) is 1. The summed E-state index contributed by atoms with van der Waals surface area (Å²) in [5, 5.41) is 38.7. The van der Waals surface area contributed by atoms with Crippen LogP contribution in [0.5, 0.6) is 0 Å². The first-order valence-electron chi connectivity index (χ1n) is 58.8. The highest BCUT2D eigenvalue weighted by atomic mass is 16.6. The Morgan fingerprint density at radius 1 is 0.362 bits per heavy atom. The average Bonchev–Trinajstić information content (AvgIpc) is 1.53. The highest BCUT2D eigenvalue weighted by Gasteiger charge is 2.69. The van der Waals surface area contributed by atoms with Gasteiger partial charge in [0.05, 0.1) is 54.9 Å². The number of carbonyl (C=O) groups is 2. The summed E-state index contributed by atoms with van der Waals surface area (Å²) in [6.45, 7) is 33.5. The number of hydrogen-bond acceptors (Lipinski definition) is 13. The molecule has 15 nitrogen and oxygen atoms in total. The number of benzene rings is 2. The lowest BCUT2D eigenvalue weighted by Gasteiger charge is -2.62. The maximum absolute atomic E-state index is 13.9. The number of rotatable bonds is 8. The quantitative estimate of drug-likeness (QED) is 0.146. The van der Waals surface area contributed by atoms with Crippen molar-refractivity contribution in [3.8, 4) is 0 Å². The molecule has 4 saturated heterocycles. The lowest BCUT2D eigenvalue weighted by molar-refractivity contribution is -0.159. The van der Waals surface area contributed by atoms with Crippen molar-refractivity contribution in [1.29, 1.82) is 0 Å². The van der Waals surface area contributed by atoms with E-state index in [4.69, 9.17) is 23.7 Å². The summed E-state index contributed by atoms with van der Waals surface area (Å²) < 4.78 is 29.7. The van der Waals surface area contributed by atoms with Crippen LogP contribution in [0.15, 0.2) is 66.8 Å². The Kier molecular flexibility index (Phi) is 27.6. The highest BCUT2D eigenvalue weighted by Crippen LogP contribution is 2.74. The number of fused-ring (bicyclic) bond motifs is 27. The minimum atomic E-state index is -0.384. The molecule has 20 aliphatic carbocycles. The lowest BCUT2D eigenvalue weighted by Crippen LogP contribution is -2.63. The molecule has 0 bridgehead atoms. The molecule has 0 spiro atoms. The van der Waals surface area contributed by atoms with Crippen LogP contribution in [0.2, 0.25) is 0 Å². The van der Waals surface area contributed by atoms with E-state index in [0.717, 1.165) is 201 Å². The number of allylic oxidation sites excluding steroid dienone is 4. The highest BCUT2D eigenvalue weighted by molar-refractivity contribution is 6.01. The van der Waals surface area contributed by atoms with Gasteiger partial charge in [0.15, 0.2) is 0 Å². The van der Waals surface area contributed by atoms with Crippen molar-refractivity contribution in [1.82, 2.24) is 24.9 Å². The van der Waals surface area contributed by atoms with Crippen LogP contribution in [-0.4, -0.2) is 207 Å². The summed E-state index contributed by atoms with van der Waals surface area (Å²) >= 11 is 0. The van der Waals surface area contributed by atoms with Gasteiger partial charge in [-0.15, -0.1) is 0 Å². The first-order chi connectivity index (χ1) is 66.4. The number of nitrogens with zero attached hydrogens (tertiary/aromatic N) is 4. The molecule has 2 amide bonds. The molecule has 0 radical (unpaired) electrons. The molecule has 0 aromatic heterocycles. The number of carbonyl (C=O) groups excluding carboxylic acids is 2. The Hall–Kier alpha value is -3.32. The van der Waals surface area contributed by atoms with Crippen molar-refractivity contribution in [2.75, 3.05) is 87.3 Å². The predicted octanol–water partition coefficient (Wildman–Crippen LogP) is 23.5. The summed E-state index contributed by atoms with van der Waals surface area (Å²) in [5.74, 6) is 17.5. The van der Waals surface area contributed by atoms with Crippen LogP contribution in [0.3, 0.4) is 0 Å². The van der Waals surface area contributed by atoms with Gasteiger partial charge in [-0.05, 0) is 465 Å². The molecule has 768 valence electrons. The zero-order valence-electron chi connectivity index (χ0n) is 88.9. The molecule has 138 heavy (non-hydrogen) atoms. The van der Waals surface area contributed by atoms with Crippen LogP contribution in [0.1, 0.15) is 349 Å². The number of piperazine rings is 2. The summed E-state index contributed by atoms with van der Waals surface area (Å²) in [6.07, 6.45) is 67.2. The van der Waals surface area contributed by atoms with E-state index >= 15 is 0 Å². The number of nitrogens with one attached hydrogen (secondary N) is 1. The summed E-state index contributed by atoms with van der Waals surface area (Å²) in [6, 6.07) is 14.1. The fourth-order valence-corrected chi connectivity index (χ4v) is 43.1.